The number of aliphatic hydroxyl groups is 1. The molecule has 3 atom stereocenters. The summed E-state index contributed by atoms with van der Waals surface area (Å²) in [6, 6.07) is 26.3. The number of carboxylic acids is 2. The van der Waals surface area contributed by atoms with E-state index in [-0.39, 0.29) is 43.1 Å². The Morgan fingerprint density at radius 2 is 1.61 bits per heavy atom. The number of nitrogens with one attached hydrogen (secondary N) is 1. The van der Waals surface area contributed by atoms with Gasteiger partial charge < -0.3 is 30.1 Å². The van der Waals surface area contributed by atoms with Crippen LogP contribution in [0.1, 0.15) is 64.3 Å². The standard InChI is InChI=1S/C35H34N2O8S/c38-20-22-6-8-25(9-7-22)30-18-28(21-46-33-29(34(42)43)5-2-16-36-33)44-35(45-30)26-12-10-24(11-13-26)27-4-1-3-23(17-27)19-37-31(39)14-15-32(40)41/h1-13,16-17,28,30,35,38H,14-15,18-21H2,(H,37,39)(H,40,41)(H,42,43). The van der Waals surface area contributed by atoms with Crippen LogP contribution in [0.3, 0.4) is 0 Å². The second kappa shape index (κ2) is 15.6. The molecule has 11 heteroatoms. The number of hydrogen-bond donors (Lipinski definition) is 4. The Kier molecular flexibility index (Phi) is 11.2. The zero-order valence-corrected chi connectivity index (χ0v) is 25.7. The predicted molar refractivity (Wildman–Crippen MR) is 171 cm³/mol. The van der Waals surface area contributed by atoms with Gasteiger partial charge in [-0.3, -0.25) is 9.59 Å². The summed E-state index contributed by atoms with van der Waals surface area (Å²) in [6.07, 6.45) is 0.616. The highest BCUT2D eigenvalue weighted by molar-refractivity contribution is 7.99. The smallest absolute Gasteiger partial charge is 0.338 e. The maximum atomic E-state index is 11.9. The van der Waals surface area contributed by atoms with Crippen LogP contribution in [0.2, 0.25) is 0 Å². The van der Waals surface area contributed by atoms with E-state index in [0.717, 1.165) is 33.4 Å². The monoisotopic (exact) mass is 642 g/mol. The van der Waals surface area contributed by atoms with E-state index in [1.807, 2.05) is 72.8 Å². The third-order valence-electron chi connectivity index (χ3n) is 7.52. The Hall–Kier alpha value is -4.55. The van der Waals surface area contributed by atoms with Crippen molar-refractivity contribution in [3.05, 3.63) is 119 Å². The number of aromatic nitrogens is 1. The summed E-state index contributed by atoms with van der Waals surface area (Å²) in [5.41, 5.74) is 5.52. The molecule has 0 aliphatic carbocycles. The van der Waals surface area contributed by atoms with Crippen molar-refractivity contribution in [3.8, 4) is 11.1 Å². The number of pyridine rings is 1. The Morgan fingerprint density at radius 1 is 0.848 bits per heavy atom. The number of aliphatic hydroxyl groups excluding tert-OH is 1. The van der Waals surface area contributed by atoms with Crippen molar-refractivity contribution in [3.63, 3.8) is 0 Å². The van der Waals surface area contributed by atoms with Crippen LogP contribution in [0.4, 0.5) is 0 Å². The number of rotatable bonds is 13. The lowest BCUT2D eigenvalue weighted by molar-refractivity contribution is -0.245. The van der Waals surface area contributed by atoms with Gasteiger partial charge in [-0.25, -0.2) is 9.78 Å². The lowest BCUT2D eigenvalue weighted by atomic mass is 9.99. The van der Waals surface area contributed by atoms with Gasteiger partial charge in [0.05, 0.1) is 30.8 Å². The first-order chi connectivity index (χ1) is 22.3. The van der Waals surface area contributed by atoms with Crippen LogP contribution >= 0.6 is 11.8 Å². The molecule has 0 radical (unpaired) electrons. The number of nitrogens with zero attached hydrogens (tertiary/aromatic N) is 1. The van der Waals surface area contributed by atoms with Gasteiger partial charge in [-0.1, -0.05) is 66.7 Å². The molecule has 1 fully saturated rings. The van der Waals surface area contributed by atoms with E-state index in [0.29, 0.717) is 23.7 Å². The number of amides is 1. The topological polar surface area (TPSA) is 155 Å². The number of aliphatic carboxylic acids is 1. The van der Waals surface area contributed by atoms with Gasteiger partial charge in [-0.15, -0.1) is 11.8 Å². The molecule has 1 aliphatic rings. The van der Waals surface area contributed by atoms with Crippen LogP contribution < -0.4 is 5.32 Å². The highest BCUT2D eigenvalue weighted by atomic mass is 32.2. The summed E-state index contributed by atoms with van der Waals surface area (Å²) in [4.78, 5) is 38.6. The Bertz CT molecular complexity index is 1660. The van der Waals surface area contributed by atoms with Gasteiger partial charge in [0.25, 0.3) is 0 Å². The first-order valence-electron chi connectivity index (χ1n) is 14.8. The van der Waals surface area contributed by atoms with Crippen LogP contribution in [0, 0.1) is 0 Å². The molecule has 0 spiro atoms. The van der Waals surface area contributed by atoms with Gasteiger partial charge in [0.1, 0.15) is 5.03 Å². The van der Waals surface area contributed by atoms with E-state index in [2.05, 4.69) is 10.3 Å². The summed E-state index contributed by atoms with van der Waals surface area (Å²) in [5, 5.41) is 31.0. The van der Waals surface area contributed by atoms with E-state index in [1.54, 1.807) is 12.3 Å². The minimum absolute atomic E-state index is 0.0521. The van der Waals surface area contributed by atoms with Gasteiger partial charge in [0.15, 0.2) is 6.29 Å². The lowest BCUT2D eigenvalue weighted by Crippen LogP contribution is -2.31. The second-order valence-electron chi connectivity index (χ2n) is 10.8. The molecule has 10 nitrogen and oxygen atoms in total. The lowest BCUT2D eigenvalue weighted by Gasteiger charge is -2.36. The predicted octanol–water partition coefficient (Wildman–Crippen LogP) is 5.76. The van der Waals surface area contributed by atoms with Crippen LogP contribution in [0.5, 0.6) is 0 Å². The number of benzene rings is 3. The quantitative estimate of drug-likeness (QED) is 0.132. The second-order valence-corrected chi connectivity index (χ2v) is 11.8. The molecule has 0 saturated carbocycles. The Balaban J connectivity index is 1.30. The van der Waals surface area contributed by atoms with Crippen LogP contribution in [0.15, 0.2) is 96.2 Å². The molecule has 46 heavy (non-hydrogen) atoms. The molecule has 238 valence electrons. The molecule has 0 bridgehead atoms. The fourth-order valence-corrected chi connectivity index (χ4v) is 6.07. The first-order valence-corrected chi connectivity index (χ1v) is 15.8. The zero-order chi connectivity index (χ0) is 32.5. The number of carboxylic acid groups (broad SMARTS) is 2. The largest absolute Gasteiger partial charge is 0.481 e. The van der Waals surface area contributed by atoms with Crippen molar-refractivity contribution in [1.82, 2.24) is 10.3 Å². The Labute approximate surface area is 270 Å². The van der Waals surface area contributed by atoms with E-state index in [9.17, 15) is 24.6 Å². The van der Waals surface area contributed by atoms with E-state index in [4.69, 9.17) is 14.6 Å². The molecule has 3 aromatic carbocycles. The number of hydrogen-bond acceptors (Lipinski definition) is 8. The first kappa shape index (κ1) is 32.8. The maximum Gasteiger partial charge on any atom is 0.338 e. The normalized spacial score (nSPS) is 17.7. The van der Waals surface area contributed by atoms with Crippen molar-refractivity contribution in [1.29, 1.82) is 0 Å². The molecule has 4 N–H and O–H groups in total. The van der Waals surface area contributed by atoms with Gasteiger partial charge in [-0.2, -0.15) is 0 Å². The van der Waals surface area contributed by atoms with Crippen LogP contribution in [0.25, 0.3) is 11.1 Å². The van der Waals surface area contributed by atoms with Crippen LogP contribution in [-0.4, -0.2) is 50.0 Å². The van der Waals surface area contributed by atoms with Gasteiger partial charge in [-0.05, 0) is 46.0 Å². The van der Waals surface area contributed by atoms with E-state index >= 15 is 0 Å². The molecule has 3 unspecified atom stereocenters. The average molecular weight is 643 g/mol. The summed E-state index contributed by atoms with van der Waals surface area (Å²) >= 11 is 1.34. The van der Waals surface area contributed by atoms with E-state index < -0.39 is 18.2 Å². The van der Waals surface area contributed by atoms with Crippen molar-refractivity contribution >= 4 is 29.6 Å². The fourth-order valence-electron chi connectivity index (χ4n) is 5.07. The number of carbonyl (C=O) groups is 3. The van der Waals surface area contributed by atoms with Crippen molar-refractivity contribution in [2.75, 3.05) is 5.75 Å². The molecule has 1 amide bonds. The summed E-state index contributed by atoms with van der Waals surface area (Å²) < 4.78 is 12.9. The highest BCUT2D eigenvalue weighted by Crippen LogP contribution is 2.40. The summed E-state index contributed by atoms with van der Waals surface area (Å²) in [7, 11) is 0. The molecule has 4 aromatic rings. The molecular weight excluding hydrogens is 608 g/mol. The van der Waals surface area contributed by atoms with Crippen molar-refractivity contribution in [2.45, 2.75) is 55.9 Å². The fraction of sp³-hybridized carbons (Fsp3) is 0.257. The van der Waals surface area contributed by atoms with Crippen LogP contribution in [-0.2, 0) is 32.2 Å². The highest BCUT2D eigenvalue weighted by Gasteiger charge is 2.32. The number of aromatic carboxylic acids is 1. The average Bonchev–Trinajstić information content (AvgIpc) is 3.09. The number of ether oxygens (including phenoxy) is 2. The van der Waals surface area contributed by atoms with Gasteiger partial charge in [0.2, 0.25) is 5.91 Å². The SMILES string of the molecule is O=C(O)CCC(=O)NCc1cccc(-c2ccc(C3OC(CSc4ncccc4C(=O)O)CC(c4ccc(CO)cc4)O3)cc2)c1. The van der Waals surface area contributed by atoms with Gasteiger partial charge in [0, 0.05) is 36.9 Å². The summed E-state index contributed by atoms with van der Waals surface area (Å²) in [5.74, 6) is -1.88. The molecular formula is C35H34N2O8S. The van der Waals surface area contributed by atoms with Crippen molar-refractivity contribution < 1.29 is 39.2 Å². The zero-order valence-electron chi connectivity index (χ0n) is 24.9. The van der Waals surface area contributed by atoms with Crippen molar-refractivity contribution in [2.24, 2.45) is 0 Å². The molecule has 5 rings (SSSR count). The number of carbonyl (C=O) groups excluding carboxylic acids is 1. The third kappa shape index (κ3) is 8.79. The molecule has 1 aromatic heterocycles. The minimum Gasteiger partial charge on any atom is -0.481 e. The maximum absolute atomic E-state index is 11.9. The third-order valence-corrected chi connectivity index (χ3v) is 8.66. The number of thioether (sulfide) groups is 1. The minimum atomic E-state index is -1.03. The Morgan fingerprint density at radius 3 is 2.33 bits per heavy atom. The molecule has 1 aliphatic heterocycles. The van der Waals surface area contributed by atoms with Gasteiger partial charge >= 0.3 is 11.9 Å². The summed E-state index contributed by atoms with van der Waals surface area (Å²) in [6.45, 7) is 0.240. The molecule has 1 saturated heterocycles. The molecule has 2 heterocycles. The van der Waals surface area contributed by atoms with E-state index in [1.165, 1.54) is 17.8 Å².